The molecule has 24 nitrogen and oxygen atoms in total. The number of likely N-dealkylation sites (tertiary alicyclic amines) is 1. The Bertz CT molecular complexity index is 3340. The number of carbonyl (C=O) groups excluding carboxylic acids is 11. The number of nitrogens with zero attached hydrogens (tertiary/aromatic N) is 8. The van der Waals surface area contributed by atoms with Gasteiger partial charge in [0.25, 0.3) is 0 Å². The summed E-state index contributed by atoms with van der Waals surface area (Å²) in [4.78, 5) is 179. The number of hydrogen-bond donors (Lipinski definition) is 4. The van der Waals surface area contributed by atoms with Crippen LogP contribution in [0.4, 0.5) is 0 Å². The van der Waals surface area contributed by atoms with Crippen LogP contribution in [-0.4, -0.2) is 257 Å². The second-order valence-corrected chi connectivity index (χ2v) is 31.0. The molecule has 0 spiro atoms. The zero-order valence-corrected chi connectivity index (χ0v) is 64.3. The van der Waals surface area contributed by atoms with Crippen LogP contribution in [0.2, 0.25) is 0 Å². The molecule has 3 fully saturated rings. The van der Waals surface area contributed by atoms with Crippen LogP contribution in [0.5, 0.6) is 0 Å². The monoisotopic (exact) mass is 1430 g/mol. The number of fused-ring (bicyclic) bond motifs is 1. The van der Waals surface area contributed by atoms with Crippen LogP contribution in [0.15, 0.2) is 91.0 Å². The van der Waals surface area contributed by atoms with E-state index in [-0.39, 0.29) is 76.0 Å². The molecule has 3 saturated heterocycles. The Hall–Kier alpha value is -8.09. The molecule has 3 aliphatic rings. The number of ketones is 1. The van der Waals surface area contributed by atoms with E-state index in [0.29, 0.717) is 37.9 Å². The summed E-state index contributed by atoms with van der Waals surface area (Å²) in [6, 6.07) is 16.7. The Morgan fingerprint density at radius 2 is 1.06 bits per heavy atom. The number of rotatable bonds is 15. The highest BCUT2D eigenvalue weighted by Crippen LogP contribution is 2.30. The maximum absolute atomic E-state index is 16.0. The van der Waals surface area contributed by atoms with Crippen LogP contribution in [-0.2, 0) is 76.7 Å². The van der Waals surface area contributed by atoms with Crippen molar-refractivity contribution in [2.75, 3.05) is 81.6 Å². The Balaban J connectivity index is 1.51. The molecule has 568 valence electrons. The lowest BCUT2D eigenvalue weighted by Gasteiger charge is -2.39. The molecule has 0 bridgehead atoms. The third-order valence-corrected chi connectivity index (χ3v) is 20.6. The van der Waals surface area contributed by atoms with Crippen molar-refractivity contribution in [3.63, 3.8) is 0 Å². The molecule has 3 heterocycles. The standard InChI is InChI=1S/C79H119N11O13/c1-50(2)41-59-74(98)86(15)63(42-51(3)4)72(96)82-69(54(8)91)78(102)83(12)48-68(93)84(13)66(52(5)6)47-80-60(49-103-79(9,10)11)75(99)85(14)62(44-56-33-24-19-25-34-56)70(94)53(7)58(43-55-31-22-18-23-32-55)73(97)88(17)65(77(101)89-38-28-21-29-39-89)46-67(92)90-40-30-37-61(90)76(100)87(16)64(71(95)81-59)45-57-35-26-20-27-36-57/h18-20,22-27,31-36,50-54,58-66,69,80,91H,21,28-30,37-49H2,1-17H3,(H,81,95)(H,82,96)/t53?,54-,58-,59+,60+,61+,62+,63+,64+,65+,66-,69+/m1/s1. The number of carbonyl (C=O) groups is 11. The Labute approximate surface area is 611 Å². The largest absolute Gasteiger partial charge is 0.391 e. The van der Waals surface area contributed by atoms with Gasteiger partial charge in [0.2, 0.25) is 59.1 Å². The van der Waals surface area contributed by atoms with Crippen molar-refractivity contribution in [1.29, 1.82) is 0 Å². The fourth-order valence-corrected chi connectivity index (χ4v) is 14.2. The van der Waals surface area contributed by atoms with Gasteiger partial charge in [0, 0.05) is 86.8 Å². The van der Waals surface area contributed by atoms with Crippen LogP contribution in [0.3, 0.4) is 0 Å². The van der Waals surface area contributed by atoms with E-state index in [0.717, 1.165) is 22.4 Å². The Morgan fingerprint density at radius 3 is 1.58 bits per heavy atom. The summed E-state index contributed by atoms with van der Waals surface area (Å²) in [6.45, 7) is 20.1. The maximum atomic E-state index is 16.0. The normalized spacial score (nSPS) is 26.1. The number of Topliss-reactive ketones (excluding diaryl/α,β-unsaturated/α-hetero) is 1. The summed E-state index contributed by atoms with van der Waals surface area (Å²) in [5.74, 6) is -9.48. The molecule has 0 aromatic heterocycles. The van der Waals surface area contributed by atoms with Crippen LogP contribution in [0.25, 0.3) is 0 Å². The van der Waals surface area contributed by atoms with Gasteiger partial charge < -0.3 is 65.0 Å². The molecule has 10 amide bonds. The SMILES string of the molecule is CC(C)C[C@@H]1NC(=O)[C@H](Cc2ccccc2)N(C)C(=O)[C@@H]2CCCN2C(=O)C[C@@H](C(=O)N2CCCCC2)N(C)C(=O)[C@H](Cc2ccccc2)C(C)C(=O)[C@H](Cc2ccccc2)N(C)C(=O)[C@H](COC(C)(C)C)NC[C@H](C(C)C)N(C)C(=O)CN(C)C(=O)[C@H]([C@@H](C)O)NC(=O)[C@H](CC(C)C)N(C)C1=O. The minimum atomic E-state index is -1.59. The lowest BCUT2D eigenvalue weighted by Crippen LogP contribution is -2.61. The molecule has 3 aromatic rings. The van der Waals surface area contributed by atoms with E-state index in [1.807, 2.05) is 141 Å². The van der Waals surface area contributed by atoms with Gasteiger partial charge in [-0.25, -0.2) is 0 Å². The number of nitrogens with one attached hydrogen (secondary N) is 3. The minimum absolute atomic E-state index is 0.0100. The van der Waals surface area contributed by atoms with Crippen molar-refractivity contribution in [2.45, 2.75) is 213 Å². The zero-order chi connectivity index (χ0) is 76.3. The average Bonchev–Trinajstić information content (AvgIpc) is 1.75. The molecular formula is C79H119N11O13. The molecule has 3 aliphatic heterocycles. The van der Waals surface area contributed by atoms with Gasteiger partial charge in [-0.15, -0.1) is 0 Å². The summed E-state index contributed by atoms with van der Waals surface area (Å²) in [5, 5.41) is 20.3. The second-order valence-electron chi connectivity index (χ2n) is 31.0. The van der Waals surface area contributed by atoms with Gasteiger partial charge in [0.05, 0.1) is 43.2 Å². The molecule has 24 heteroatoms. The summed E-state index contributed by atoms with van der Waals surface area (Å²) in [6.07, 6.45) is 1.15. The quantitative estimate of drug-likeness (QED) is 0.148. The van der Waals surface area contributed by atoms with E-state index < -0.39 is 156 Å². The van der Waals surface area contributed by atoms with E-state index in [9.17, 15) is 19.5 Å². The number of hydrogen-bond acceptors (Lipinski definition) is 14. The van der Waals surface area contributed by atoms with Crippen LogP contribution in [0, 0.1) is 29.6 Å². The Kier molecular flexibility index (Phi) is 31.4. The fraction of sp³-hybridized carbons (Fsp3) is 0.633. The van der Waals surface area contributed by atoms with E-state index in [4.69, 9.17) is 4.74 Å². The van der Waals surface area contributed by atoms with Gasteiger partial charge in [-0.3, -0.25) is 52.7 Å². The molecule has 4 N–H and O–H groups in total. The van der Waals surface area contributed by atoms with E-state index in [1.165, 1.54) is 64.5 Å². The molecule has 0 saturated carbocycles. The van der Waals surface area contributed by atoms with Crippen molar-refractivity contribution < 1.29 is 62.6 Å². The third kappa shape index (κ3) is 23.2. The zero-order valence-electron chi connectivity index (χ0n) is 64.3. The maximum Gasteiger partial charge on any atom is 0.248 e. The number of piperidine rings is 1. The summed E-state index contributed by atoms with van der Waals surface area (Å²) in [7, 11) is 8.90. The predicted molar refractivity (Wildman–Crippen MR) is 395 cm³/mol. The van der Waals surface area contributed by atoms with Gasteiger partial charge in [0.1, 0.15) is 42.3 Å². The molecule has 12 atom stereocenters. The average molecular weight is 1430 g/mol. The van der Waals surface area contributed by atoms with Gasteiger partial charge in [0.15, 0.2) is 5.78 Å². The highest BCUT2D eigenvalue weighted by molar-refractivity contribution is 6.00. The smallest absolute Gasteiger partial charge is 0.248 e. The Morgan fingerprint density at radius 1 is 0.553 bits per heavy atom. The first kappa shape index (κ1) is 83.9. The van der Waals surface area contributed by atoms with Crippen LogP contribution >= 0.6 is 0 Å². The van der Waals surface area contributed by atoms with E-state index in [1.54, 1.807) is 38.1 Å². The first-order chi connectivity index (χ1) is 48.5. The summed E-state index contributed by atoms with van der Waals surface area (Å²) in [5.41, 5.74) is 1.39. The number of benzene rings is 3. The number of ether oxygens (including phenoxy) is 1. The second kappa shape index (κ2) is 38.6. The summed E-state index contributed by atoms with van der Waals surface area (Å²) >= 11 is 0. The highest BCUT2D eigenvalue weighted by Gasteiger charge is 2.47. The molecular weight excluding hydrogens is 1310 g/mol. The first-order valence-electron chi connectivity index (χ1n) is 37.0. The molecule has 1 unspecified atom stereocenters. The van der Waals surface area contributed by atoms with Gasteiger partial charge in [-0.2, -0.15) is 0 Å². The number of likely N-dealkylation sites (N-methyl/N-ethyl adjacent to an activating group) is 6. The lowest BCUT2D eigenvalue weighted by atomic mass is 9.80. The van der Waals surface area contributed by atoms with Crippen molar-refractivity contribution in [2.24, 2.45) is 29.6 Å². The predicted octanol–water partition coefficient (Wildman–Crippen LogP) is 5.41. The topological polar surface area (TPSA) is 279 Å². The fourth-order valence-electron chi connectivity index (χ4n) is 14.2. The number of aliphatic hydroxyl groups is 1. The molecule has 3 aromatic carbocycles. The van der Waals surface area contributed by atoms with Gasteiger partial charge in [-0.05, 0) is 120 Å². The van der Waals surface area contributed by atoms with E-state index >= 15 is 38.4 Å². The number of amides is 10. The van der Waals surface area contributed by atoms with Crippen molar-refractivity contribution in [3.8, 4) is 0 Å². The molecule has 0 radical (unpaired) electrons. The van der Waals surface area contributed by atoms with Crippen molar-refractivity contribution in [1.82, 2.24) is 55.1 Å². The van der Waals surface area contributed by atoms with Crippen LogP contribution < -0.4 is 16.0 Å². The molecule has 6 rings (SSSR count). The molecule has 0 aliphatic carbocycles. The lowest BCUT2D eigenvalue weighted by molar-refractivity contribution is -0.154. The third-order valence-electron chi connectivity index (χ3n) is 20.6. The van der Waals surface area contributed by atoms with Crippen molar-refractivity contribution in [3.05, 3.63) is 108 Å². The van der Waals surface area contributed by atoms with Crippen molar-refractivity contribution >= 4 is 64.9 Å². The summed E-state index contributed by atoms with van der Waals surface area (Å²) < 4.78 is 6.34. The van der Waals surface area contributed by atoms with E-state index in [2.05, 4.69) is 16.0 Å². The van der Waals surface area contributed by atoms with Gasteiger partial charge >= 0.3 is 0 Å². The first-order valence-corrected chi connectivity index (χ1v) is 37.0. The highest BCUT2D eigenvalue weighted by atomic mass is 16.5. The minimum Gasteiger partial charge on any atom is -0.391 e. The van der Waals surface area contributed by atoms with Gasteiger partial charge in [-0.1, -0.05) is 139 Å². The van der Waals surface area contributed by atoms with Crippen LogP contribution in [0.1, 0.15) is 144 Å². The number of aliphatic hydroxyl groups excluding tert-OH is 1. The molecule has 103 heavy (non-hydrogen) atoms.